The Kier molecular flexibility index (Phi) is 15.8. The van der Waals surface area contributed by atoms with E-state index in [9.17, 15) is 24.6 Å². The summed E-state index contributed by atoms with van der Waals surface area (Å²) in [6.07, 6.45) is 4.55. The van der Waals surface area contributed by atoms with Gasteiger partial charge in [0.1, 0.15) is 6.10 Å². The van der Waals surface area contributed by atoms with Gasteiger partial charge in [0.05, 0.1) is 31.1 Å². The number of nitrogens with one attached hydrogen (secondary N) is 3. The number of unbranched alkanes of at least 4 members (excludes halogenated alkanes) is 6. The van der Waals surface area contributed by atoms with Crippen molar-refractivity contribution in [2.24, 2.45) is 11.3 Å². The Morgan fingerprint density at radius 2 is 1.53 bits per heavy atom. The van der Waals surface area contributed by atoms with E-state index >= 15 is 0 Å². The SMILES string of the molecule is CCCCCCCCC[C@@H](C(=O)N[C@H]([C@H](O)CC(=O)NC)C(C)(C)C)[C@H](O)C(=O)NOCc1ccccc1. The number of amides is 3. The lowest BCUT2D eigenvalue weighted by molar-refractivity contribution is -0.151. The largest absolute Gasteiger partial charge is 0.390 e. The molecule has 4 atom stereocenters. The van der Waals surface area contributed by atoms with E-state index in [2.05, 4.69) is 23.0 Å². The van der Waals surface area contributed by atoms with E-state index in [1.54, 1.807) is 0 Å². The minimum absolute atomic E-state index is 0.117. The first-order valence-electron chi connectivity index (χ1n) is 13.8. The number of rotatable bonds is 18. The van der Waals surface area contributed by atoms with Crippen LogP contribution in [0.25, 0.3) is 0 Å². The highest BCUT2D eigenvalue weighted by molar-refractivity contribution is 5.89. The second-order valence-electron chi connectivity index (χ2n) is 11.0. The molecule has 3 amide bonds. The predicted molar refractivity (Wildman–Crippen MR) is 148 cm³/mol. The second-order valence-corrected chi connectivity index (χ2v) is 11.0. The van der Waals surface area contributed by atoms with Gasteiger partial charge < -0.3 is 20.8 Å². The number of carbonyl (C=O) groups excluding carboxylic acids is 3. The molecule has 0 heterocycles. The molecule has 0 saturated heterocycles. The molecular weight excluding hydrogens is 486 g/mol. The molecule has 1 aromatic carbocycles. The summed E-state index contributed by atoms with van der Waals surface area (Å²) in [5, 5.41) is 26.9. The Morgan fingerprint density at radius 3 is 2.11 bits per heavy atom. The molecular formula is C29H49N3O6. The van der Waals surface area contributed by atoms with E-state index in [0.717, 1.165) is 31.2 Å². The fourth-order valence-corrected chi connectivity index (χ4v) is 4.32. The first-order chi connectivity index (χ1) is 18.0. The lowest BCUT2D eigenvalue weighted by Crippen LogP contribution is -2.55. The van der Waals surface area contributed by atoms with Crippen LogP contribution in [0.4, 0.5) is 0 Å². The molecule has 0 fully saturated rings. The van der Waals surface area contributed by atoms with Gasteiger partial charge in [0, 0.05) is 7.05 Å². The van der Waals surface area contributed by atoms with Crippen molar-refractivity contribution < 1.29 is 29.4 Å². The van der Waals surface area contributed by atoms with Gasteiger partial charge in [0.2, 0.25) is 11.8 Å². The van der Waals surface area contributed by atoms with Crippen molar-refractivity contribution in [3.8, 4) is 0 Å². The van der Waals surface area contributed by atoms with Gasteiger partial charge in [0.25, 0.3) is 5.91 Å². The summed E-state index contributed by atoms with van der Waals surface area (Å²) in [5.41, 5.74) is 2.52. The van der Waals surface area contributed by atoms with Gasteiger partial charge >= 0.3 is 0 Å². The van der Waals surface area contributed by atoms with Crippen LogP contribution in [0.3, 0.4) is 0 Å². The highest BCUT2D eigenvalue weighted by atomic mass is 16.7. The Bertz CT molecular complexity index is 827. The molecule has 1 rings (SSSR count). The van der Waals surface area contributed by atoms with Gasteiger partial charge in [-0.1, -0.05) is 103 Å². The average Bonchev–Trinajstić information content (AvgIpc) is 2.88. The minimum Gasteiger partial charge on any atom is -0.390 e. The summed E-state index contributed by atoms with van der Waals surface area (Å²) < 4.78 is 0. The molecule has 0 aromatic heterocycles. The minimum atomic E-state index is -1.64. The number of benzene rings is 1. The van der Waals surface area contributed by atoms with E-state index in [1.807, 2.05) is 51.1 Å². The molecule has 0 saturated carbocycles. The zero-order chi connectivity index (χ0) is 28.6. The van der Waals surface area contributed by atoms with E-state index in [4.69, 9.17) is 4.84 Å². The first-order valence-corrected chi connectivity index (χ1v) is 13.8. The molecule has 0 aliphatic carbocycles. The Hall–Kier alpha value is -2.49. The summed E-state index contributed by atoms with van der Waals surface area (Å²) in [6.45, 7) is 7.81. The van der Waals surface area contributed by atoms with Crippen LogP contribution in [-0.4, -0.2) is 53.2 Å². The zero-order valence-electron chi connectivity index (χ0n) is 23.8. The van der Waals surface area contributed by atoms with Crippen LogP contribution in [0, 0.1) is 11.3 Å². The lowest BCUT2D eigenvalue weighted by atomic mass is 9.81. The molecule has 1 aromatic rings. The summed E-state index contributed by atoms with van der Waals surface area (Å²) in [4.78, 5) is 43.2. The third kappa shape index (κ3) is 12.8. The normalized spacial score (nSPS) is 14.7. The molecule has 9 heteroatoms. The van der Waals surface area contributed by atoms with Crippen LogP contribution in [0.5, 0.6) is 0 Å². The molecule has 0 spiro atoms. The third-order valence-corrected chi connectivity index (χ3v) is 6.65. The highest BCUT2D eigenvalue weighted by Crippen LogP contribution is 2.25. The zero-order valence-corrected chi connectivity index (χ0v) is 23.8. The summed E-state index contributed by atoms with van der Waals surface area (Å²) in [5.74, 6) is -2.74. The van der Waals surface area contributed by atoms with Crippen molar-refractivity contribution in [3.63, 3.8) is 0 Å². The predicted octanol–water partition coefficient (Wildman–Crippen LogP) is 3.38. The number of hydrogen-bond acceptors (Lipinski definition) is 6. The fraction of sp³-hybridized carbons (Fsp3) is 0.690. The van der Waals surface area contributed by atoms with Crippen molar-refractivity contribution in [2.45, 2.75) is 110 Å². The number of aliphatic hydroxyl groups excluding tert-OH is 2. The third-order valence-electron chi connectivity index (χ3n) is 6.65. The van der Waals surface area contributed by atoms with Gasteiger partial charge in [-0.3, -0.25) is 19.2 Å². The average molecular weight is 536 g/mol. The molecule has 9 nitrogen and oxygen atoms in total. The maximum Gasteiger partial charge on any atom is 0.273 e. The van der Waals surface area contributed by atoms with Gasteiger partial charge in [-0.05, 0) is 17.4 Å². The van der Waals surface area contributed by atoms with Crippen LogP contribution in [-0.2, 0) is 25.8 Å². The van der Waals surface area contributed by atoms with Gasteiger partial charge in [0.15, 0.2) is 0 Å². The van der Waals surface area contributed by atoms with E-state index in [1.165, 1.54) is 19.9 Å². The van der Waals surface area contributed by atoms with Crippen molar-refractivity contribution >= 4 is 17.7 Å². The summed E-state index contributed by atoms with van der Waals surface area (Å²) in [6, 6.07) is 8.49. The van der Waals surface area contributed by atoms with Crippen molar-refractivity contribution in [3.05, 3.63) is 35.9 Å². The second kappa shape index (κ2) is 17.9. The Labute approximate surface area is 228 Å². The quantitative estimate of drug-likeness (QED) is 0.144. The summed E-state index contributed by atoms with van der Waals surface area (Å²) >= 11 is 0. The van der Waals surface area contributed by atoms with Gasteiger partial charge in [-0.25, -0.2) is 5.48 Å². The number of hydrogen-bond donors (Lipinski definition) is 5. The van der Waals surface area contributed by atoms with Crippen LogP contribution in [0.1, 0.15) is 91.0 Å². The molecule has 0 unspecified atom stereocenters. The monoisotopic (exact) mass is 535 g/mol. The van der Waals surface area contributed by atoms with Gasteiger partial charge in [-0.2, -0.15) is 0 Å². The van der Waals surface area contributed by atoms with Crippen LogP contribution >= 0.6 is 0 Å². The van der Waals surface area contributed by atoms with Crippen molar-refractivity contribution in [1.82, 2.24) is 16.1 Å². The van der Waals surface area contributed by atoms with E-state index < -0.39 is 41.4 Å². The number of hydroxylamine groups is 1. The molecule has 216 valence electrons. The van der Waals surface area contributed by atoms with Crippen molar-refractivity contribution in [1.29, 1.82) is 0 Å². The lowest BCUT2D eigenvalue weighted by Gasteiger charge is -2.36. The molecule has 0 aliphatic rings. The van der Waals surface area contributed by atoms with Crippen molar-refractivity contribution in [2.75, 3.05) is 7.05 Å². The summed E-state index contributed by atoms with van der Waals surface area (Å²) in [7, 11) is 1.48. The maximum absolute atomic E-state index is 13.4. The maximum atomic E-state index is 13.4. The molecule has 0 bridgehead atoms. The molecule has 5 N–H and O–H groups in total. The fourth-order valence-electron chi connectivity index (χ4n) is 4.32. The van der Waals surface area contributed by atoms with Crippen LogP contribution < -0.4 is 16.1 Å². The number of carbonyl (C=O) groups is 3. The van der Waals surface area contributed by atoms with E-state index in [-0.39, 0.29) is 18.9 Å². The molecule has 0 radical (unpaired) electrons. The smallest absolute Gasteiger partial charge is 0.273 e. The molecule has 38 heavy (non-hydrogen) atoms. The molecule has 0 aliphatic heterocycles. The Morgan fingerprint density at radius 1 is 0.921 bits per heavy atom. The highest BCUT2D eigenvalue weighted by Gasteiger charge is 2.38. The van der Waals surface area contributed by atoms with Crippen LogP contribution in [0.15, 0.2) is 30.3 Å². The van der Waals surface area contributed by atoms with E-state index in [0.29, 0.717) is 12.8 Å². The Balaban J connectivity index is 2.88. The topological polar surface area (TPSA) is 137 Å². The standard InChI is InChI=1S/C29H49N3O6/c1-6-7-8-9-10-11-15-18-22(25(35)28(37)32-38-20-21-16-13-12-14-17-21)27(36)31-26(29(2,3)4)23(33)19-24(34)30-5/h12-14,16-17,22-23,25-26,33,35H,6-11,15,18-20H2,1-5H3,(H,30,34)(H,31,36)(H,32,37)/t22-,23-,25+,26-/m1/s1. The van der Waals surface area contributed by atoms with Crippen LogP contribution in [0.2, 0.25) is 0 Å². The van der Waals surface area contributed by atoms with Gasteiger partial charge in [-0.15, -0.1) is 0 Å². The first kappa shape index (κ1) is 33.5. The number of aliphatic hydroxyl groups is 2.